The summed E-state index contributed by atoms with van der Waals surface area (Å²) in [6.45, 7) is 3.48. The molecule has 1 aliphatic rings. The lowest BCUT2D eigenvalue weighted by Gasteiger charge is -2.14. The fourth-order valence-electron chi connectivity index (χ4n) is 2.77. The van der Waals surface area contributed by atoms with Crippen molar-refractivity contribution < 1.29 is 0 Å². The Morgan fingerprint density at radius 1 is 1.17 bits per heavy atom. The molecule has 18 heavy (non-hydrogen) atoms. The van der Waals surface area contributed by atoms with E-state index in [0.717, 1.165) is 18.5 Å². The first-order valence-electron chi connectivity index (χ1n) is 6.66. The fourth-order valence-corrected chi connectivity index (χ4v) is 2.77. The molecule has 2 heterocycles. The van der Waals surface area contributed by atoms with Crippen molar-refractivity contribution >= 4 is 10.9 Å². The fraction of sp³-hybridized carbons (Fsp3) is 0.400. The van der Waals surface area contributed by atoms with E-state index in [2.05, 4.69) is 16.0 Å². The van der Waals surface area contributed by atoms with Crippen LogP contribution in [0.2, 0.25) is 0 Å². The van der Waals surface area contributed by atoms with E-state index in [1.54, 1.807) is 6.07 Å². The molecule has 3 rings (SSSR count). The second-order valence-corrected chi connectivity index (χ2v) is 5.00. The van der Waals surface area contributed by atoms with Crippen LogP contribution in [0, 0.1) is 0 Å². The Balaban J connectivity index is 1.88. The first kappa shape index (κ1) is 11.5. The highest BCUT2D eigenvalue weighted by molar-refractivity contribution is 5.81. The van der Waals surface area contributed by atoms with Gasteiger partial charge in [0.25, 0.3) is 0 Å². The molecular weight excluding hydrogens is 224 g/mol. The zero-order valence-electron chi connectivity index (χ0n) is 10.5. The summed E-state index contributed by atoms with van der Waals surface area (Å²) in [5, 5.41) is 1.18. The van der Waals surface area contributed by atoms with Crippen molar-refractivity contribution in [2.24, 2.45) is 0 Å². The highest BCUT2D eigenvalue weighted by Crippen LogP contribution is 2.16. The van der Waals surface area contributed by atoms with Crippen LogP contribution in [0.25, 0.3) is 10.9 Å². The van der Waals surface area contributed by atoms with E-state index in [1.165, 1.54) is 36.9 Å². The minimum absolute atomic E-state index is 0.00474. The van der Waals surface area contributed by atoms with Crippen LogP contribution >= 0.6 is 0 Å². The number of pyridine rings is 1. The van der Waals surface area contributed by atoms with Crippen LogP contribution in [0.15, 0.2) is 35.1 Å². The van der Waals surface area contributed by atoms with Gasteiger partial charge in [-0.2, -0.15) is 0 Å². The largest absolute Gasteiger partial charge is 0.322 e. The normalized spacial score (nSPS) is 16.4. The van der Waals surface area contributed by atoms with Gasteiger partial charge in [-0.05, 0) is 44.0 Å². The number of fused-ring (bicyclic) bond motifs is 1. The number of aromatic nitrogens is 1. The molecule has 0 saturated carbocycles. The van der Waals surface area contributed by atoms with E-state index < -0.39 is 0 Å². The highest BCUT2D eigenvalue weighted by Gasteiger charge is 2.12. The van der Waals surface area contributed by atoms with Gasteiger partial charge >= 0.3 is 0 Å². The van der Waals surface area contributed by atoms with E-state index in [4.69, 9.17) is 0 Å². The lowest BCUT2D eigenvalue weighted by Crippen LogP contribution is -2.22. The number of nitrogens with one attached hydrogen (secondary N) is 1. The predicted octanol–water partition coefficient (Wildman–Crippen LogP) is 2.17. The Labute approximate surface area is 106 Å². The second kappa shape index (κ2) is 4.94. The number of hydrogen-bond acceptors (Lipinski definition) is 2. The predicted molar refractivity (Wildman–Crippen MR) is 73.9 cm³/mol. The molecule has 1 aromatic carbocycles. The molecule has 1 aliphatic heterocycles. The van der Waals surface area contributed by atoms with E-state index in [0.29, 0.717) is 0 Å². The molecule has 0 amide bonds. The van der Waals surface area contributed by atoms with Crippen molar-refractivity contribution in [1.82, 2.24) is 9.88 Å². The third kappa shape index (κ3) is 2.31. The van der Waals surface area contributed by atoms with Crippen LogP contribution in [0.3, 0.4) is 0 Å². The summed E-state index contributed by atoms with van der Waals surface area (Å²) in [6, 6.07) is 9.79. The molecular formula is C15H18N2O. The lowest BCUT2D eigenvalue weighted by molar-refractivity contribution is 0.344. The van der Waals surface area contributed by atoms with Crippen molar-refractivity contribution in [1.29, 1.82) is 0 Å². The van der Waals surface area contributed by atoms with Gasteiger partial charge in [0.15, 0.2) is 0 Å². The summed E-state index contributed by atoms with van der Waals surface area (Å²) >= 11 is 0. The van der Waals surface area contributed by atoms with Crippen molar-refractivity contribution in [2.75, 3.05) is 19.6 Å². The third-order valence-electron chi connectivity index (χ3n) is 3.73. The van der Waals surface area contributed by atoms with Crippen LogP contribution in [0.5, 0.6) is 0 Å². The molecule has 0 unspecified atom stereocenters. The minimum Gasteiger partial charge on any atom is -0.322 e. The Kier molecular flexibility index (Phi) is 3.15. The quantitative estimate of drug-likeness (QED) is 0.895. The summed E-state index contributed by atoms with van der Waals surface area (Å²) in [5.74, 6) is 0. The number of H-pyrrole nitrogens is 1. The van der Waals surface area contributed by atoms with Gasteiger partial charge in [-0.25, -0.2) is 0 Å². The lowest BCUT2D eigenvalue weighted by atomic mass is 10.1. The maximum absolute atomic E-state index is 11.6. The Morgan fingerprint density at radius 2 is 1.94 bits per heavy atom. The molecule has 2 aromatic rings. The van der Waals surface area contributed by atoms with Gasteiger partial charge in [0.2, 0.25) is 5.56 Å². The van der Waals surface area contributed by atoms with Crippen molar-refractivity contribution in [3.63, 3.8) is 0 Å². The molecule has 1 saturated heterocycles. The maximum Gasteiger partial charge on any atom is 0.248 e. The minimum atomic E-state index is 0.00474. The zero-order valence-corrected chi connectivity index (χ0v) is 10.5. The third-order valence-corrected chi connectivity index (χ3v) is 3.73. The van der Waals surface area contributed by atoms with Crippen LogP contribution in [0.1, 0.15) is 18.4 Å². The first-order chi connectivity index (χ1) is 8.83. The maximum atomic E-state index is 11.6. The Hall–Kier alpha value is -1.61. The Bertz CT molecular complexity index is 597. The zero-order chi connectivity index (χ0) is 12.4. The summed E-state index contributed by atoms with van der Waals surface area (Å²) in [4.78, 5) is 17.0. The van der Waals surface area contributed by atoms with E-state index in [9.17, 15) is 4.79 Å². The number of rotatable bonds is 3. The SMILES string of the molecule is O=c1cc(CCN2CCCC2)c2ccccc2[nH]1. The molecule has 0 aliphatic carbocycles. The van der Waals surface area contributed by atoms with Gasteiger partial charge < -0.3 is 9.88 Å². The molecule has 94 valence electrons. The molecule has 0 atom stereocenters. The average Bonchev–Trinajstić information content (AvgIpc) is 2.89. The summed E-state index contributed by atoms with van der Waals surface area (Å²) in [5.41, 5.74) is 2.12. The van der Waals surface area contributed by atoms with E-state index in [1.807, 2.05) is 18.2 Å². The summed E-state index contributed by atoms with van der Waals surface area (Å²) in [6.07, 6.45) is 3.59. The van der Waals surface area contributed by atoms with Crippen LogP contribution in [-0.2, 0) is 6.42 Å². The number of hydrogen-bond donors (Lipinski definition) is 1. The smallest absolute Gasteiger partial charge is 0.248 e. The Morgan fingerprint density at radius 3 is 2.78 bits per heavy atom. The van der Waals surface area contributed by atoms with Crippen molar-refractivity contribution in [3.8, 4) is 0 Å². The van der Waals surface area contributed by atoms with Crippen molar-refractivity contribution in [2.45, 2.75) is 19.3 Å². The molecule has 0 spiro atoms. The highest BCUT2D eigenvalue weighted by atomic mass is 16.1. The molecule has 0 radical (unpaired) electrons. The number of nitrogens with zero attached hydrogens (tertiary/aromatic N) is 1. The van der Waals surface area contributed by atoms with Crippen LogP contribution < -0.4 is 5.56 Å². The topological polar surface area (TPSA) is 36.1 Å². The molecule has 3 heteroatoms. The molecule has 1 aromatic heterocycles. The molecule has 1 fully saturated rings. The van der Waals surface area contributed by atoms with E-state index >= 15 is 0 Å². The van der Waals surface area contributed by atoms with Gasteiger partial charge in [-0.3, -0.25) is 4.79 Å². The van der Waals surface area contributed by atoms with Gasteiger partial charge in [0.05, 0.1) is 0 Å². The van der Waals surface area contributed by atoms with E-state index in [-0.39, 0.29) is 5.56 Å². The van der Waals surface area contributed by atoms with Gasteiger partial charge in [0.1, 0.15) is 0 Å². The number of likely N-dealkylation sites (tertiary alicyclic amines) is 1. The summed E-state index contributed by atoms with van der Waals surface area (Å²) in [7, 11) is 0. The number of aromatic amines is 1. The monoisotopic (exact) mass is 242 g/mol. The number of para-hydroxylation sites is 1. The molecule has 3 nitrogen and oxygen atoms in total. The van der Waals surface area contributed by atoms with Crippen molar-refractivity contribution in [3.05, 3.63) is 46.2 Å². The standard InChI is InChI=1S/C15H18N2O/c18-15-11-12(7-10-17-8-3-4-9-17)13-5-1-2-6-14(13)16-15/h1-2,5-6,11H,3-4,7-10H2,(H,16,18). The molecule has 1 N–H and O–H groups in total. The number of benzene rings is 1. The second-order valence-electron chi connectivity index (χ2n) is 5.00. The van der Waals surface area contributed by atoms with Gasteiger partial charge in [0, 0.05) is 23.5 Å². The average molecular weight is 242 g/mol. The van der Waals surface area contributed by atoms with Crippen LogP contribution in [0.4, 0.5) is 0 Å². The van der Waals surface area contributed by atoms with Crippen LogP contribution in [-0.4, -0.2) is 29.5 Å². The summed E-state index contributed by atoms with van der Waals surface area (Å²) < 4.78 is 0. The molecule has 0 bridgehead atoms. The first-order valence-corrected chi connectivity index (χ1v) is 6.66. The van der Waals surface area contributed by atoms with Gasteiger partial charge in [-0.15, -0.1) is 0 Å². The van der Waals surface area contributed by atoms with Gasteiger partial charge in [-0.1, -0.05) is 18.2 Å².